The van der Waals surface area contributed by atoms with E-state index in [9.17, 15) is 0 Å². The lowest BCUT2D eigenvalue weighted by Gasteiger charge is -2.22. The van der Waals surface area contributed by atoms with Gasteiger partial charge in [-0.05, 0) is 43.2 Å². The Balaban J connectivity index is 1.56. The van der Waals surface area contributed by atoms with Gasteiger partial charge in [0.2, 0.25) is 5.95 Å². The molecular formula is C21H26N4O2. The van der Waals surface area contributed by atoms with E-state index in [0.29, 0.717) is 0 Å². The van der Waals surface area contributed by atoms with Crippen molar-refractivity contribution in [1.82, 2.24) is 14.8 Å². The Morgan fingerprint density at radius 2 is 1.93 bits per heavy atom. The summed E-state index contributed by atoms with van der Waals surface area (Å²) >= 11 is 0. The number of hydrogen-bond acceptors (Lipinski definition) is 5. The molecule has 0 saturated carbocycles. The van der Waals surface area contributed by atoms with Gasteiger partial charge in [-0.2, -0.15) is 0 Å². The van der Waals surface area contributed by atoms with Crippen LogP contribution in [0.2, 0.25) is 0 Å². The van der Waals surface area contributed by atoms with E-state index in [-0.39, 0.29) is 6.10 Å². The van der Waals surface area contributed by atoms with Crippen LogP contribution in [0.4, 0.5) is 5.95 Å². The minimum absolute atomic E-state index is 0.185. The normalized spacial score (nSPS) is 16.3. The first kappa shape index (κ1) is 17.8. The van der Waals surface area contributed by atoms with Crippen LogP contribution in [0.5, 0.6) is 5.75 Å². The van der Waals surface area contributed by atoms with Crippen LogP contribution in [0, 0.1) is 0 Å². The van der Waals surface area contributed by atoms with Gasteiger partial charge in [0.15, 0.2) is 11.9 Å². The van der Waals surface area contributed by atoms with E-state index in [2.05, 4.69) is 50.9 Å². The highest BCUT2D eigenvalue weighted by Crippen LogP contribution is 2.27. The highest BCUT2D eigenvalue weighted by atomic mass is 16.5. The maximum atomic E-state index is 6.21. The van der Waals surface area contributed by atoms with E-state index in [1.54, 1.807) is 0 Å². The van der Waals surface area contributed by atoms with E-state index in [1.807, 2.05) is 25.1 Å². The van der Waals surface area contributed by atoms with Crippen molar-refractivity contribution >= 4 is 16.7 Å². The minimum atomic E-state index is -0.185. The van der Waals surface area contributed by atoms with E-state index in [1.165, 1.54) is 10.8 Å². The predicted octanol–water partition coefficient (Wildman–Crippen LogP) is 3.82. The number of rotatable bonds is 5. The molecule has 0 amide bonds. The molecule has 1 saturated heterocycles. The average molecular weight is 366 g/mol. The number of fused-ring (bicyclic) bond motifs is 1. The third-order valence-corrected chi connectivity index (χ3v) is 4.98. The molecule has 1 unspecified atom stereocenters. The third-order valence-electron chi connectivity index (χ3n) is 4.98. The van der Waals surface area contributed by atoms with Gasteiger partial charge in [-0.15, -0.1) is 10.2 Å². The molecule has 2 aromatic carbocycles. The van der Waals surface area contributed by atoms with E-state index >= 15 is 0 Å². The summed E-state index contributed by atoms with van der Waals surface area (Å²) in [5.74, 6) is 2.61. The standard InChI is InChI=1S/C21H26N4O2/c1-3-25-20(22-23-21(25)24-11-6-13-26-14-12-24)16(2)27-19-10-9-17-7-4-5-8-18(17)15-19/h4-5,7-10,15-16H,3,6,11-14H2,1-2H3. The van der Waals surface area contributed by atoms with Crippen molar-refractivity contribution in [1.29, 1.82) is 0 Å². The molecule has 1 fully saturated rings. The molecule has 2 heterocycles. The number of aromatic nitrogens is 3. The molecule has 6 nitrogen and oxygen atoms in total. The van der Waals surface area contributed by atoms with Crippen molar-refractivity contribution in [2.45, 2.75) is 32.9 Å². The molecule has 0 spiro atoms. The zero-order valence-electron chi connectivity index (χ0n) is 16.0. The summed E-state index contributed by atoms with van der Waals surface area (Å²) in [5.41, 5.74) is 0. The third kappa shape index (κ3) is 3.76. The molecule has 27 heavy (non-hydrogen) atoms. The summed E-state index contributed by atoms with van der Waals surface area (Å²) in [6.45, 7) is 8.28. The molecule has 0 bridgehead atoms. The first-order valence-corrected chi connectivity index (χ1v) is 9.67. The van der Waals surface area contributed by atoms with E-state index in [4.69, 9.17) is 9.47 Å². The summed E-state index contributed by atoms with van der Waals surface area (Å²) in [5, 5.41) is 11.3. The van der Waals surface area contributed by atoms with Gasteiger partial charge < -0.3 is 14.4 Å². The summed E-state index contributed by atoms with van der Waals surface area (Å²) in [6, 6.07) is 14.5. The second-order valence-corrected chi connectivity index (χ2v) is 6.82. The van der Waals surface area contributed by atoms with Gasteiger partial charge in [0.05, 0.1) is 6.61 Å². The number of hydrogen-bond donors (Lipinski definition) is 0. The molecule has 0 radical (unpaired) electrons. The van der Waals surface area contributed by atoms with Crippen molar-refractivity contribution in [3.8, 4) is 5.75 Å². The zero-order chi connectivity index (χ0) is 18.6. The lowest BCUT2D eigenvalue weighted by Crippen LogP contribution is -2.29. The summed E-state index contributed by atoms with van der Waals surface area (Å²) in [4.78, 5) is 2.26. The highest BCUT2D eigenvalue weighted by Gasteiger charge is 2.22. The molecule has 1 aliphatic rings. The molecule has 3 aromatic rings. The van der Waals surface area contributed by atoms with E-state index in [0.717, 1.165) is 56.8 Å². The van der Waals surface area contributed by atoms with Crippen molar-refractivity contribution in [2.75, 3.05) is 31.2 Å². The Kier molecular flexibility index (Phi) is 5.25. The maximum Gasteiger partial charge on any atom is 0.227 e. The fourth-order valence-electron chi connectivity index (χ4n) is 3.59. The lowest BCUT2D eigenvalue weighted by molar-refractivity contribution is 0.152. The Labute approximate surface area is 159 Å². The topological polar surface area (TPSA) is 52.4 Å². The smallest absolute Gasteiger partial charge is 0.227 e. The zero-order valence-corrected chi connectivity index (χ0v) is 16.0. The van der Waals surface area contributed by atoms with Gasteiger partial charge in [0.25, 0.3) is 0 Å². The molecular weight excluding hydrogens is 340 g/mol. The fourth-order valence-corrected chi connectivity index (χ4v) is 3.59. The van der Waals surface area contributed by atoms with Crippen LogP contribution in [-0.2, 0) is 11.3 Å². The van der Waals surface area contributed by atoms with Gasteiger partial charge in [-0.25, -0.2) is 0 Å². The van der Waals surface area contributed by atoms with Gasteiger partial charge in [0, 0.05) is 26.2 Å². The summed E-state index contributed by atoms with van der Waals surface area (Å²) in [6.07, 6.45) is 0.824. The maximum absolute atomic E-state index is 6.21. The van der Waals surface area contributed by atoms with Crippen LogP contribution in [-0.4, -0.2) is 41.1 Å². The van der Waals surface area contributed by atoms with E-state index < -0.39 is 0 Å². The second kappa shape index (κ2) is 7.96. The molecule has 1 atom stereocenters. The van der Waals surface area contributed by atoms with Gasteiger partial charge in [-0.1, -0.05) is 30.3 Å². The van der Waals surface area contributed by atoms with Crippen LogP contribution in [0.3, 0.4) is 0 Å². The molecule has 1 aromatic heterocycles. The second-order valence-electron chi connectivity index (χ2n) is 6.82. The molecule has 4 rings (SSSR count). The van der Waals surface area contributed by atoms with Gasteiger partial charge in [0.1, 0.15) is 5.75 Å². The van der Waals surface area contributed by atoms with Crippen LogP contribution < -0.4 is 9.64 Å². The van der Waals surface area contributed by atoms with Crippen LogP contribution in [0.15, 0.2) is 42.5 Å². The first-order chi connectivity index (χ1) is 13.3. The SMILES string of the molecule is CCn1c(C(C)Oc2ccc3ccccc3c2)nnc1N1CCCOCC1. The predicted molar refractivity (Wildman–Crippen MR) is 106 cm³/mol. The Morgan fingerprint density at radius 1 is 1.07 bits per heavy atom. The monoisotopic (exact) mass is 366 g/mol. The molecule has 142 valence electrons. The highest BCUT2D eigenvalue weighted by molar-refractivity contribution is 5.83. The van der Waals surface area contributed by atoms with Crippen LogP contribution >= 0.6 is 0 Å². The van der Waals surface area contributed by atoms with Crippen molar-refractivity contribution in [3.63, 3.8) is 0 Å². The van der Waals surface area contributed by atoms with Gasteiger partial charge >= 0.3 is 0 Å². The minimum Gasteiger partial charge on any atom is -0.483 e. The summed E-state index contributed by atoms with van der Waals surface area (Å²) < 4.78 is 13.9. The number of anilines is 1. The Morgan fingerprint density at radius 3 is 2.78 bits per heavy atom. The summed E-state index contributed by atoms with van der Waals surface area (Å²) in [7, 11) is 0. The Bertz CT molecular complexity index is 900. The number of nitrogens with zero attached hydrogens (tertiary/aromatic N) is 4. The quantitative estimate of drug-likeness (QED) is 0.687. The van der Waals surface area contributed by atoms with Crippen molar-refractivity contribution in [3.05, 3.63) is 48.3 Å². The largest absolute Gasteiger partial charge is 0.483 e. The fraction of sp³-hybridized carbons (Fsp3) is 0.429. The number of benzene rings is 2. The molecule has 6 heteroatoms. The van der Waals surface area contributed by atoms with Crippen molar-refractivity contribution in [2.24, 2.45) is 0 Å². The van der Waals surface area contributed by atoms with Crippen LogP contribution in [0.1, 0.15) is 32.2 Å². The molecule has 0 N–H and O–H groups in total. The molecule has 1 aliphatic heterocycles. The van der Waals surface area contributed by atoms with Gasteiger partial charge in [-0.3, -0.25) is 4.57 Å². The molecule has 0 aliphatic carbocycles. The Hall–Kier alpha value is -2.60. The lowest BCUT2D eigenvalue weighted by atomic mass is 10.1. The first-order valence-electron chi connectivity index (χ1n) is 9.67. The van der Waals surface area contributed by atoms with Crippen LogP contribution in [0.25, 0.3) is 10.8 Å². The average Bonchev–Trinajstić information content (AvgIpc) is 2.94. The number of ether oxygens (including phenoxy) is 2. The van der Waals surface area contributed by atoms with Crippen molar-refractivity contribution < 1.29 is 9.47 Å².